The Morgan fingerprint density at radius 1 is 1.29 bits per heavy atom. The van der Waals surface area contributed by atoms with Gasteiger partial charge in [0.1, 0.15) is 0 Å². The molecule has 21 heavy (non-hydrogen) atoms. The monoisotopic (exact) mass is 286 g/mol. The fourth-order valence-corrected chi connectivity index (χ4v) is 3.29. The molecule has 0 radical (unpaired) electrons. The summed E-state index contributed by atoms with van der Waals surface area (Å²) in [6.45, 7) is 8.04. The molecule has 3 nitrogen and oxygen atoms in total. The van der Waals surface area contributed by atoms with Crippen LogP contribution in [0.4, 0.5) is 0 Å². The van der Waals surface area contributed by atoms with Crippen molar-refractivity contribution in [3.8, 4) is 0 Å². The van der Waals surface area contributed by atoms with Crippen molar-refractivity contribution in [3.63, 3.8) is 0 Å². The lowest BCUT2D eigenvalue weighted by Gasteiger charge is -2.35. The van der Waals surface area contributed by atoms with Crippen molar-refractivity contribution >= 4 is 5.84 Å². The van der Waals surface area contributed by atoms with Gasteiger partial charge in [-0.2, -0.15) is 0 Å². The van der Waals surface area contributed by atoms with Crippen LogP contribution in [0.1, 0.15) is 43.4 Å². The maximum absolute atomic E-state index is 6.33. The number of nitrogens with zero attached hydrogens (tertiary/aromatic N) is 2. The highest BCUT2D eigenvalue weighted by atomic mass is 16.5. The molecule has 1 atom stereocenters. The molecule has 1 aromatic carbocycles. The van der Waals surface area contributed by atoms with Gasteiger partial charge in [-0.1, -0.05) is 30.7 Å². The molecule has 0 bridgehead atoms. The fourth-order valence-electron chi connectivity index (χ4n) is 3.29. The van der Waals surface area contributed by atoms with E-state index in [2.05, 4.69) is 48.0 Å². The summed E-state index contributed by atoms with van der Waals surface area (Å²) < 4.78 is 6.33. The first kappa shape index (κ1) is 14.6. The Labute approximate surface area is 128 Å². The average Bonchev–Trinajstić information content (AvgIpc) is 2.82. The van der Waals surface area contributed by atoms with Gasteiger partial charge >= 0.3 is 0 Å². The molecule has 2 aliphatic rings. The maximum atomic E-state index is 6.33. The molecular weight excluding hydrogens is 260 g/mol. The number of ether oxygens (including phenoxy) is 1. The summed E-state index contributed by atoms with van der Waals surface area (Å²) in [7, 11) is 0. The quantitative estimate of drug-likeness (QED) is 0.798. The van der Waals surface area contributed by atoms with E-state index in [9.17, 15) is 0 Å². The highest BCUT2D eigenvalue weighted by Crippen LogP contribution is 2.40. The third kappa shape index (κ3) is 3.29. The van der Waals surface area contributed by atoms with E-state index in [0.717, 1.165) is 32.1 Å². The average molecular weight is 286 g/mol. The summed E-state index contributed by atoms with van der Waals surface area (Å²) in [6.07, 6.45) is 4.25. The highest BCUT2D eigenvalue weighted by Gasteiger charge is 2.30. The summed E-state index contributed by atoms with van der Waals surface area (Å²) in [5.74, 6) is 1.87. The van der Waals surface area contributed by atoms with Crippen molar-refractivity contribution in [1.29, 1.82) is 0 Å². The van der Waals surface area contributed by atoms with Crippen LogP contribution in [0.5, 0.6) is 0 Å². The Morgan fingerprint density at radius 2 is 2.10 bits per heavy atom. The van der Waals surface area contributed by atoms with Crippen LogP contribution in [-0.2, 0) is 4.74 Å². The first-order valence-electron chi connectivity index (χ1n) is 8.19. The third-order valence-electron chi connectivity index (χ3n) is 4.90. The zero-order chi connectivity index (χ0) is 14.7. The first-order valence-corrected chi connectivity index (χ1v) is 8.19. The van der Waals surface area contributed by atoms with Gasteiger partial charge in [-0.25, -0.2) is 0 Å². The number of hydrogen-bond acceptors (Lipinski definition) is 3. The topological polar surface area (TPSA) is 24.8 Å². The SMILES string of the molecule is CC1=NCCN1CCOC(c1ccccc1C)C1CCC1. The van der Waals surface area contributed by atoms with Gasteiger partial charge < -0.3 is 9.64 Å². The molecule has 1 aliphatic heterocycles. The van der Waals surface area contributed by atoms with Gasteiger partial charge in [0.15, 0.2) is 0 Å². The number of hydrogen-bond donors (Lipinski definition) is 0. The molecule has 3 rings (SSSR count). The Morgan fingerprint density at radius 3 is 2.71 bits per heavy atom. The maximum Gasteiger partial charge on any atom is 0.0959 e. The highest BCUT2D eigenvalue weighted by molar-refractivity contribution is 5.81. The lowest BCUT2D eigenvalue weighted by Crippen LogP contribution is -2.31. The second kappa shape index (κ2) is 6.61. The van der Waals surface area contributed by atoms with Crippen molar-refractivity contribution in [2.24, 2.45) is 10.9 Å². The van der Waals surface area contributed by atoms with Crippen LogP contribution in [0, 0.1) is 12.8 Å². The third-order valence-corrected chi connectivity index (χ3v) is 4.90. The Balaban J connectivity index is 1.61. The largest absolute Gasteiger partial charge is 0.371 e. The van der Waals surface area contributed by atoms with E-state index in [0.29, 0.717) is 5.92 Å². The lowest BCUT2D eigenvalue weighted by atomic mass is 9.78. The van der Waals surface area contributed by atoms with E-state index in [1.807, 2.05) is 0 Å². The number of aryl methyl sites for hydroxylation is 1. The Bertz CT molecular complexity index is 508. The van der Waals surface area contributed by atoms with Crippen LogP contribution in [-0.4, -0.2) is 37.0 Å². The molecule has 1 fully saturated rings. The van der Waals surface area contributed by atoms with Crippen LogP contribution in [0.25, 0.3) is 0 Å². The van der Waals surface area contributed by atoms with Crippen LogP contribution >= 0.6 is 0 Å². The van der Waals surface area contributed by atoms with E-state index in [-0.39, 0.29) is 6.10 Å². The zero-order valence-corrected chi connectivity index (χ0v) is 13.2. The summed E-state index contributed by atoms with van der Waals surface area (Å²) in [6, 6.07) is 8.68. The molecule has 3 heteroatoms. The van der Waals surface area contributed by atoms with Crippen LogP contribution in [0.15, 0.2) is 29.3 Å². The lowest BCUT2D eigenvalue weighted by molar-refractivity contribution is -0.0192. The van der Waals surface area contributed by atoms with Crippen molar-refractivity contribution in [2.45, 2.75) is 39.2 Å². The van der Waals surface area contributed by atoms with Crippen LogP contribution in [0.2, 0.25) is 0 Å². The molecule has 0 amide bonds. The van der Waals surface area contributed by atoms with Crippen molar-refractivity contribution in [2.75, 3.05) is 26.2 Å². The molecule has 1 aromatic rings. The second-order valence-electron chi connectivity index (χ2n) is 6.25. The normalized spacial score (nSPS) is 20.3. The van der Waals surface area contributed by atoms with Gasteiger partial charge in [0.05, 0.1) is 25.1 Å². The molecule has 114 valence electrons. The van der Waals surface area contributed by atoms with Gasteiger partial charge in [-0.3, -0.25) is 4.99 Å². The number of aliphatic imine (C=N–C) groups is 1. The summed E-state index contributed by atoms with van der Waals surface area (Å²) in [5.41, 5.74) is 2.74. The standard InChI is InChI=1S/C18H26N2O/c1-14-6-3-4-9-17(14)18(16-7-5-8-16)21-13-12-20-11-10-19-15(20)2/h3-4,6,9,16,18H,5,7-8,10-13H2,1-2H3. The molecule has 1 heterocycles. The summed E-state index contributed by atoms with van der Waals surface area (Å²) >= 11 is 0. The molecular formula is C18H26N2O. The smallest absolute Gasteiger partial charge is 0.0959 e. The van der Waals surface area contributed by atoms with Gasteiger partial charge in [0, 0.05) is 13.1 Å². The van der Waals surface area contributed by atoms with Gasteiger partial charge in [-0.15, -0.1) is 0 Å². The minimum atomic E-state index is 0.278. The Hall–Kier alpha value is -1.35. The van der Waals surface area contributed by atoms with Gasteiger partial charge in [0.2, 0.25) is 0 Å². The fraction of sp³-hybridized carbons (Fsp3) is 0.611. The van der Waals surface area contributed by atoms with Crippen LogP contribution in [0.3, 0.4) is 0 Å². The van der Waals surface area contributed by atoms with E-state index in [4.69, 9.17) is 4.74 Å². The van der Waals surface area contributed by atoms with Gasteiger partial charge in [-0.05, 0) is 43.7 Å². The van der Waals surface area contributed by atoms with E-state index in [1.54, 1.807) is 0 Å². The predicted molar refractivity (Wildman–Crippen MR) is 86.8 cm³/mol. The molecule has 0 spiro atoms. The summed E-state index contributed by atoms with van der Waals surface area (Å²) in [4.78, 5) is 6.77. The number of benzene rings is 1. The number of rotatable bonds is 6. The molecule has 0 saturated heterocycles. The van der Waals surface area contributed by atoms with Gasteiger partial charge in [0.25, 0.3) is 0 Å². The van der Waals surface area contributed by atoms with E-state index in [1.165, 1.54) is 30.4 Å². The van der Waals surface area contributed by atoms with Crippen molar-refractivity contribution in [3.05, 3.63) is 35.4 Å². The minimum absolute atomic E-state index is 0.278. The number of amidine groups is 1. The van der Waals surface area contributed by atoms with E-state index < -0.39 is 0 Å². The Kier molecular flexibility index (Phi) is 4.59. The molecule has 1 aliphatic carbocycles. The molecule has 0 N–H and O–H groups in total. The predicted octanol–water partition coefficient (Wildman–Crippen LogP) is 3.59. The summed E-state index contributed by atoms with van der Waals surface area (Å²) in [5, 5.41) is 0. The molecule has 1 saturated carbocycles. The minimum Gasteiger partial charge on any atom is -0.371 e. The van der Waals surface area contributed by atoms with E-state index >= 15 is 0 Å². The molecule has 0 aromatic heterocycles. The van der Waals surface area contributed by atoms with Crippen LogP contribution < -0.4 is 0 Å². The van der Waals surface area contributed by atoms with Crippen molar-refractivity contribution < 1.29 is 4.74 Å². The van der Waals surface area contributed by atoms with Crippen molar-refractivity contribution in [1.82, 2.24) is 4.90 Å². The first-order chi connectivity index (χ1) is 10.3. The second-order valence-corrected chi connectivity index (χ2v) is 6.25. The zero-order valence-electron chi connectivity index (χ0n) is 13.2. The molecule has 1 unspecified atom stereocenters.